The predicted octanol–water partition coefficient (Wildman–Crippen LogP) is 0.444. The molecule has 54 valence electrons. The lowest BCUT2D eigenvalue weighted by Gasteiger charge is -2.22. The first-order chi connectivity index (χ1) is 4.45. The van der Waals surface area contributed by atoms with E-state index in [-0.39, 0.29) is 12.8 Å². The third kappa shape index (κ3) is 1.68. The van der Waals surface area contributed by atoms with Crippen LogP contribution < -0.4 is 5.73 Å². The van der Waals surface area contributed by atoms with Crippen LogP contribution in [-0.4, -0.2) is 16.6 Å². The zero-order valence-corrected chi connectivity index (χ0v) is 5.72. The number of carboxylic acid groups (broad SMARTS) is 1. The molecule has 0 saturated heterocycles. The largest absolute Gasteiger partial charge is 0.480 e. The summed E-state index contributed by atoms with van der Waals surface area (Å²) in [6.45, 7) is 3.12. The van der Waals surface area contributed by atoms with Crippen molar-refractivity contribution in [3.8, 4) is 0 Å². The first-order valence-corrected chi connectivity index (χ1v) is 2.76. The molecule has 0 aliphatic rings. The van der Waals surface area contributed by atoms with E-state index < -0.39 is 11.5 Å². The van der Waals surface area contributed by atoms with Gasteiger partial charge in [0.2, 0.25) is 0 Å². The van der Waals surface area contributed by atoms with E-state index in [0.717, 1.165) is 0 Å². The maximum atomic E-state index is 10.4. The van der Waals surface area contributed by atoms with Crippen molar-refractivity contribution in [3.05, 3.63) is 0 Å². The van der Waals surface area contributed by atoms with Gasteiger partial charge >= 0.3 is 5.97 Å². The standard InChI is InChI=1S/C6H13NO2/c1-4(2)6(3,7)5(8)9/h4H,7H2,1-3H3,(H,8,9)/t6-/m0/s1/i3D. The highest BCUT2D eigenvalue weighted by molar-refractivity contribution is 5.78. The van der Waals surface area contributed by atoms with E-state index in [9.17, 15) is 4.79 Å². The van der Waals surface area contributed by atoms with Gasteiger partial charge in [-0.25, -0.2) is 0 Å². The zero-order valence-electron chi connectivity index (χ0n) is 6.72. The molecule has 3 nitrogen and oxygen atoms in total. The average molecular weight is 132 g/mol. The molecule has 0 rings (SSSR count). The molecule has 0 amide bonds. The van der Waals surface area contributed by atoms with Gasteiger partial charge < -0.3 is 10.8 Å². The highest BCUT2D eigenvalue weighted by atomic mass is 16.4. The van der Waals surface area contributed by atoms with Crippen LogP contribution >= 0.6 is 0 Å². The lowest BCUT2D eigenvalue weighted by molar-refractivity contribution is -0.144. The fourth-order valence-corrected chi connectivity index (χ4v) is 0.247. The van der Waals surface area contributed by atoms with Gasteiger partial charge in [0.15, 0.2) is 0 Å². The molecule has 9 heavy (non-hydrogen) atoms. The molecule has 0 aromatic rings. The predicted molar refractivity (Wildman–Crippen MR) is 35.1 cm³/mol. The Kier molecular flexibility index (Phi) is 1.71. The summed E-state index contributed by atoms with van der Waals surface area (Å²) >= 11 is 0. The van der Waals surface area contributed by atoms with Crippen LogP contribution in [0.4, 0.5) is 0 Å². The van der Waals surface area contributed by atoms with Gasteiger partial charge in [0.1, 0.15) is 5.54 Å². The molecule has 0 saturated carbocycles. The van der Waals surface area contributed by atoms with Crippen LogP contribution in [0.3, 0.4) is 0 Å². The van der Waals surface area contributed by atoms with Gasteiger partial charge in [-0.3, -0.25) is 4.79 Å². The van der Waals surface area contributed by atoms with E-state index >= 15 is 0 Å². The minimum atomic E-state index is -1.38. The van der Waals surface area contributed by atoms with Crippen LogP contribution in [-0.2, 0) is 4.79 Å². The Morgan fingerprint density at radius 2 is 2.33 bits per heavy atom. The highest BCUT2D eigenvalue weighted by Crippen LogP contribution is 2.11. The van der Waals surface area contributed by atoms with E-state index in [0.29, 0.717) is 0 Å². The molecule has 0 aromatic heterocycles. The molecule has 0 aromatic carbocycles. The van der Waals surface area contributed by atoms with E-state index in [2.05, 4.69) is 0 Å². The van der Waals surface area contributed by atoms with Crippen molar-refractivity contribution >= 4 is 5.97 Å². The first kappa shape index (κ1) is 6.55. The molecule has 0 fully saturated rings. The topological polar surface area (TPSA) is 63.3 Å². The number of rotatable bonds is 2. The van der Waals surface area contributed by atoms with Gasteiger partial charge in [-0.2, -0.15) is 0 Å². The number of carbonyl (C=O) groups is 1. The smallest absolute Gasteiger partial charge is 0.323 e. The lowest BCUT2D eigenvalue weighted by Crippen LogP contribution is -2.49. The van der Waals surface area contributed by atoms with Crippen molar-refractivity contribution in [3.63, 3.8) is 0 Å². The fourth-order valence-electron chi connectivity index (χ4n) is 0.247. The summed E-state index contributed by atoms with van der Waals surface area (Å²) in [7, 11) is 0. The molecule has 0 spiro atoms. The van der Waals surface area contributed by atoms with E-state index in [1.807, 2.05) is 0 Å². The van der Waals surface area contributed by atoms with Crippen LogP contribution in [0.15, 0.2) is 0 Å². The Balaban J connectivity index is 4.38. The molecule has 0 radical (unpaired) electrons. The van der Waals surface area contributed by atoms with Gasteiger partial charge in [-0.05, 0) is 12.8 Å². The van der Waals surface area contributed by atoms with Gasteiger partial charge in [0, 0.05) is 1.37 Å². The lowest BCUT2D eigenvalue weighted by atomic mass is 9.90. The summed E-state index contributed by atoms with van der Waals surface area (Å²) in [4.78, 5) is 10.4. The van der Waals surface area contributed by atoms with E-state index in [4.69, 9.17) is 12.2 Å². The number of hydrogen-bond acceptors (Lipinski definition) is 2. The maximum absolute atomic E-state index is 10.4. The Hall–Kier alpha value is -0.570. The second-order valence-electron chi connectivity index (χ2n) is 2.50. The normalized spacial score (nSPS) is 18.9. The van der Waals surface area contributed by atoms with Crippen LogP contribution in [0, 0.1) is 5.92 Å². The zero-order chi connectivity index (χ0) is 8.36. The molecule has 3 heteroatoms. The van der Waals surface area contributed by atoms with Crippen LogP contribution in [0.25, 0.3) is 0 Å². The molecule has 0 heterocycles. The average Bonchev–Trinajstić information content (AvgIpc) is 1.85. The summed E-state index contributed by atoms with van der Waals surface area (Å²) in [6.07, 6.45) is 0. The molecular weight excluding hydrogens is 118 g/mol. The van der Waals surface area contributed by atoms with Crippen LogP contribution in [0.5, 0.6) is 0 Å². The van der Waals surface area contributed by atoms with Gasteiger partial charge in [-0.1, -0.05) is 13.8 Å². The Bertz CT molecular complexity index is 138. The summed E-state index contributed by atoms with van der Waals surface area (Å²) < 4.78 is 6.91. The molecular formula is C6H13NO2. The van der Waals surface area contributed by atoms with E-state index in [1.165, 1.54) is 0 Å². The molecule has 0 aliphatic carbocycles. The van der Waals surface area contributed by atoms with E-state index in [1.54, 1.807) is 13.8 Å². The Labute approximate surface area is 56.3 Å². The minimum Gasteiger partial charge on any atom is -0.480 e. The van der Waals surface area contributed by atoms with Crippen molar-refractivity contribution in [1.29, 1.82) is 0 Å². The minimum absolute atomic E-state index is 0.206. The van der Waals surface area contributed by atoms with Crippen molar-refractivity contribution in [2.45, 2.75) is 26.3 Å². The van der Waals surface area contributed by atoms with Crippen molar-refractivity contribution in [1.82, 2.24) is 0 Å². The molecule has 3 N–H and O–H groups in total. The number of carboxylic acids is 1. The van der Waals surface area contributed by atoms with Gasteiger partial charge in [0.25, 0.3) is 0 Å². The first-order valence-electron chi connectivity index (χ1n) is 3.47. The second-order valence-corrected chi connectivity index (χ2v) is 2.50. The highest BCUT2D eigenvalue weighted by Gasteiger charge is 2.31. The third-order valence-electron chi connectivity index (χ3n) is 1.43. The van der Waals surface area contributed by atoms with Gasteiger partial charge in [0.05, 0.1) is 0 Å². The maximum Gasteiger partial charge on any atom is 0.323 e. The fraction of sp³-hybridized carbons (Fsp3) is 0.833. The number of nitrogens with two attached hydrogens (primary N) is 1. The summed E-state index contributed by atoms with van der Waals surface area (Å²) in [6, 6.07) is 0. The Morgan fingerprint density at radius 3 is 2.33 bits per heavy atom. The number of hydrogen-bond donors (Lipinski definition) is 2. The summed E-state index contributed by atoms with van der Waals surface area (Å²) in [5, 5.41) is 8.56. The van der Waals surface area contributed by atoms with Crippen molar-refractivity contribution < 1.29 is 11.3 Å². The second kappa shape index (κ2) is 2.35. The molecule has 1 atom stereocenters. The van der Waals surface area contributed by atoms with Gasteiger partial charge in [-0.15, -0.1) is 0 Å². The summed E-state index contributed by atoms with van der Waals surface area (Å²) in [5.41, 5.74) is 4.02. The quantitative estimate of drug-likeness (QED) is 0.573. The molecule has 0 aliphatic heterocycles. The number of aliphatic carboxylic acids is 1. The van der Waals surface area contributed by atoms with Crippen molar-refractivity contribution in [2.75, 3.05) is 0 Å². The molecule has 0 bridgehead atoms. The SMILES string of the molecule is [2H]C[C@@](N)(C(=O)O)C(C)C. The van der Waals surface area contributed by atoms with Crippen LogP contribution in [0.1, 0.15) is 22.1 Å². The monoisotopic (exact) mass is 132 g/mol. The van der Waals surface area contributed by atoms with Crippen molar-refractivity contribution in [2.24, 2.45) is 11.7 Å². The summed E-state index contributed by atoms with van der Waals surface area (Å²) in [5.74, 6) is -1.31. The Morgan fingerprint density at radius 1 is 1.89 bits per heavy atom. The third-order valence-corrected chi connectivity index (χ3v) is 1.43. The molecule has 0 unspecified atom stereocenters. The van der Waals surface area contributed by atoms with Crippen LogP contribution in [0.2, 0.25) is 0 Å².